The van der Waals surface area contributed by atoms with Crippen molar-refractivity contribution in [3.63, 3.8) is 0 Å². The van der Waals surface area contributed by atoms with E-state index in [2.05, 4.69) is 10.3 Å². The van der Waals surface area contributed by atoms with Crippen LogP contribution in [0.5, 0.6) is 0 Å². The minimum atomic E-state index is -1.09. The Bertz CT molecular complexity index is 1270. The zero-order valence-corrected chi connectivity index (χ0v) is 18.9. The summed E-state index contributed by atoms with van der Waals surface area (Å²) in [6.45, 7) is 3.60. The normalized spacial score (nSPS) is 16.0. The van der Waals surface area contributed by atoms with E-state index in [0.717, 1.165) is 16.8 Å². The molecule has 0 saturated carbocycles. The molecule has 7 heteroatoms. The number of aliphatic carboxylic acids is 1. The van der Waals surface area contributed by atoms with Crippen molar-refractivity contribution in [2.24, 2.45) is 5.92 Å². The molecule has 2 N–H and O–H groups in total. The van der Waals surface area contributed by atoms with Crippen LogP contribution in [0, 0.1) is 5.92 Å². The van der Waals surface area contributed by atoms with Crippen LogP contribution in [-0.4, -0.2) is 33.2 Å². The standard InChI is InChI=1S/C27H25N3O4/c1-3-34-27(33)24-22(14-9-19-7-5-4-6-8-19)23(26(31)32)18(2)29-25(24)20-10-12-21(13-11-20)30-16-15-28-17-30/h4-17,22,29H,3H2,1-2H3,(H,31,32). The first-order chi connectivity index (χ1) is 16.5. The molecule has 0 aliphatic carbocycles. The van der Waals surface area contributed by atoms with Gasteiger partial charge in [-0.15, -0.1) is 0 Å². The number of carboxylic acid groups (broad SMARTS) is 1. The second-order valence-electron chi connectivity index (χ2n) is 7.74. The van der Waals surface area contributed by atoms with Gasteiger partial charge in [-0.3, -0.25) is 0 Å². The molecule has 0 amide bonds. The maximum atomic E-state index is 13.2. The summed E-state index contributed by atoms with van der Waals surface area (Å²) < 4.78 is 7.24. The van der Waals surface area contributed by atoms with Gasteiger partial charge < -0.3 is 19.7 Å². The van der Waals surface area contributed by atoms with E-state index in [0.29, 0.717) is 11.4 Å². The average Bonchev–Trinajstić information content (AvgIpc) is 3.38. The number of ether oxygens (including phenoxy) is 1. The first-order valence-corrected chi connectivity index (χ1v) is 10.9. The number of nitrogens with one attached hydrogen (secondary N) is 1. The van der Waals surface area contributed by atoms with Crippen LogP contribution in [0.4, 0.5) is 0 Å². The number of aromatic nitrogens is 2. The van der Waals surface area contributed by atoms with Crippen LogP contribution < -0.4 is 5.32 Å². The molecule has 4 rings (SSSR count). The van der Waals surface area contributed by atoms with Gasteiger partial charge in [0.15, 0.2) is 0 Å². The van der Waals surface area contributed by atoms with Crippen molar-refractivity contribution >= 4 is 23.7 Å². The summed E-state index contributed by atoms with van der Waals surface area (Å²) in [7, 11) is 0. The van der Waals surface area contributed by atoms with Crippen molar-refractivity contribution in [1.82, 2.24) is 14.9 Å². The smallest absolute Gasteiger partial charge is 0.337 e. The molecule has 1 aliphatic rings. The van der Waals surface area contributed by atoms with E-state index in [1.54, 1.807) is 32.4 Å². The first-order valence-electron chi connectivity index (χ1n) is 10.9. The van der Waals surface area contributed by atoms with Crippen molar-refractivity contribution in [1.29, 1.82) is 0 Å². The van der Waals surface area contributed by atoms with Crippen LogP contribution in [0.25, 0.3) is 17.5 Å². The predicted molar refractivity (Wildman–Crippen MR) is 130 cm³/mol. The highest BCUT2D eigenvalue weighted by molar-refractivity contribution is 6.04. The molecule has 0 saturated heterocycles. The molecular weight excluding hydrogens is 430 g/mol. The van der Waals surface area contributed by atoms with E-state index in [4.69, 9.17) is 4.74 Å². The Morgan fingerprint density at radius 3 is 2.47 bits per heavy atom. The largest absolute Gasteiger partial charge is 0.478 e. The second kappa shape index (κ2) is 10.0. The van der Waals surface area contributed by atoms with E-state index in [1.807, 2.05) is 71.4 Å². The fourth-order valence-corrected chi connectivity index (χ4v) is 3.99. The molecule has 1 aliphatic heterocycles. The number of carbonyl (C=O) groups is 2. The number of dihydropyridines is 1. The van der Waals surface area contributed by atoms with Gasteiger partial charge in [-0.2, -0.15) is 0 Å². The lowest BCUT2D eigenvalue weighted by atomic mass is 9.83. The van der Waals surface area contributed by atoms with Crippen molar-refractivity contribution < 1.29 is 19.4 Å². The molecule has 3 aromatic rings. The fraction of sp³-hybridized carbons (Fsp3) is 0.148. The summed E-state index contributed by atoms with van der Waals surface area (Å²) in [5, 5.41) is 13.1. The molecule has 2 heterocycles. The zero-order chi connectivity index (χ0) is 24.1. The number of imidazole rings is 1. The van der Waals surface area contributed by atoms with Crippen molar-refractivity contribution in [3.8, 4) is 5.69 Å². The SMILES string of the molecule is CCOC(=O)C1=C(c2ccc(-n3ccnc3)cc2)NC(C)=C(C(=O)O)C1C=Cc1ccccc1. The molecular formula is C27H25N3O4. The Kier molecular flexibility index (Phi) is 6.73. The van der Waals surface area contributed by atoms with Crippen molar-refractivity contribution in [2.75, 3.05) is 6.61 Å². The van der Waals surface area contributed by atoms with Gasteiger partial charge in [0.1, 0.15) is 0 Å². The Morgan fingerprint density at radius 2 is 1.85 bits per heavy atom. The molecule has 1 atom stereocenters. The second-order valence-corrected chi connectivity index (χ2v) is 7.74. The van der Waals surface area contributed by atoms with Gasteiger partial charge in [0.25, 0.3) is 0 Å². The van der Waals surface area contributed by atoms with E-state index in [9.17, 15) is 14.7 Å². The topological polar surface area (TPSA) is 93.5 Å². The van der Waals surface area contributed by atoms with Gasteiger partial charge in [0.05, 0.1) is 29.8 Å². The average molecular weight is 456 g/mol. The molecule has 2 aromatic carbocycles. The highest BCUT2D eigenvalue weighted by Gasteiger charge is 2.36. The van der Waals surface area contributed by atoms with Gasteiger partial charge in [0, 0.05) is 29.7 Å². The minimum Gasteiger partial charge on any atom is -0.478 e. The van der Waals surface area contributed by atoms with Crippen LogP contribution in [0.15, 0.2) is 96.2 Å². The number of esters is 1. The van der Waals surface area contributed by atoms with Crippen molar-refractivity contribution in [3.05, 3.63) is 107 Å². The number of carbonyl (C=O) groups excluding carboxylic acids is 1. The summed E-state index contributed by atoms with van der Waals surface area (Å²) in [5.74, 6) is -2.44. The first kappa shape index (κ1) is 22.8. The van der Waals surface area contributed by atoms with E-state index in [-0.39, 0.29) is 17.8 Å². The summed E-state index contributed by atoms with van der Waals surface area (Å²) >= 11 is 0. The quantitative estimate of drug-likeness (QED) is 0.512. The summed E-state index contributed by atoms with van der Waals surface area (Å²) in [4.78, 5) is 29.4. The lowest BCUT2D eigenvalue weighted by Gasteiger charge is -2.29. The van der Waals surface area contributed by atoms with Crippen molar-refractivity contribution in [2.45, 2.75) is 13.8 Å². The lowest BCUT2D eigenvalue weighted by Crippen LogP contribution is -2.32. The molecule has 0 spiro atoms. The molecule has 172 valence electrons. The number of nitrogens with zero attached hydrogens (tertiary/aromatic N) is 2. The van der Waals surface area contributed by atoms with Crippen LogP contribution in [0.1, 0.15) is 25.0 Å². The van der Waals surface area contributed by atoms with Crippen LogP contribution in [0.2, 0.25) is 0 Å². The molecule has 1 aromatic heterocycles. The van der Waals surface area contributed by atoms with Gasteiger partial charge in [0.2, 0.25) is 0 Å². The van der Waals surface area contributed by atoms with Crippen LogP contribution in [0.3, 0.4) is 0 Å². The third-order valence-electron chi connectivity index (χ3n) is 5.57. The predicted octanol–water partition coefficient (Wildman–Crippen LogP) is 4.44. The maximum absolute atomic E-state index is 13.2. The number of hydrogen-bond donors (Lipinski definition) is 2. The van der Waals surface area contributed by atoms with E-state index in [1.165, 1.54) is 0 Å². The van der Waals surface area contributed by atoms with Gasteiger partial charge in [-0.1, -0.05) is 54.6 Å². The minimum absolute atomic E-state index is 0.106. The Morgan fingerprint density at radius 1 is 1.12 bits per heavy atom. The van der Waals surface area contributed by atoms with Gasteiger partial charge in [-0.05, 0) is 37.1 Å². The third kappa shape index (κ3) is 4.68. The molecule has 0 radical (unpaired) electrons. The monoisotopic (exact) mass is 455 g/mol. The lowest BCUT2D eigenvalue weighted by molar-refractivity contribution is -0.138. The number of hydrogen-bond acceptors (Lipinski definition) is 5. The van der Waals surface area contributed by atoms with E-state index < -0.39 is 17.9 Å². The molecule has 1 unspecified atom stereocenters. The summed E-state index contributed by atoms with van der Waals surface area (Å²) in [5.41, 5.74) is 3.92. The van der Waals surface area contributed by atoms with Gasteiger partial charge >= 0.3 is 11.9 Å². The Balaban J connectivity index is 1.83. The Labute approximate surface area is 197 Å². The number of benzene rings is 2. The van der Waals surface area contributed by atoms with Gasteiger partial charge in [-0.25, -0.2) is 14.6 Å². The maximum Gasteiger partial charge on any atom is 0.337 e. The summed E-state index contributed by atoms with van der Waals surface area (Å²) in [6, 6.07) is 17.1. The highest BCUT2D eigenvalue weighted by atomic mass is 16.5. The fourth-order valence-electron chi connectivity index (χ4n) is 3.99. The molecule has 0 fully saturated rings. The molecule has 0 bridgehead atoms. The van der Waals surface area contributed by atoms with E-state index >= 15 is 0 Å². The number of rotatable bonds is 7. The van der Waals surface area contributed by atoms with Crippen LogP contribution in [-0.2, 0) is 14.3 Å². The van der Waals surface area contributed by atoms with Crippen LogP contribution >= 0.6 is 0 Å². The third-order valence-corrected chi connectivity index (χ3v) is 5.57. The number of carboxylic acids is 1. The highest BCUT2D eigenvalue weighted by Crippen LogP contribution is 2.36. The zero-order valence-electron chi connectivity index (χ0n) is 18.9. The molecule has 7 nitrogen and oxygen atoms in total. The molecule has 34 heavy (non-hydrogen) atoms. The Hall–Kier alpha value is -4.39. The number of allylic oxidation sites excluding steroid dienone is 2. The summed E-state index contributed by atoms with van der Waals surface area (Å²) in [6.07, 6.45) is 8.81.